The molecule has 7 nitrogen and oxygen atoms in total. The summed E-state index contributed by atoms with van der Waals surface area (Å²) in [5.41, 5.74) is 1.10. The molecule has 0 atom stereocenters. The molecule has 0 spiro atoms. The Morgan fingerprint density at radius 2 is 2.04 bits per heavy atom. The molecule has 0 saturated carbocycles. The van der Waals surface area contributed by atoms with Crippen LogP contribution >= 0.6 is 0 Å². The normalized spacial score (nSPS) is 11.3. The fourth-order valence-corrected chi connectivity index (χ4v) is 2.74. The van der Waals surface area contributed by atoms with Crippen molar-refractivity contribution in [2.45, 2.75) is 6.54 Å². The van der Waals surface area contributed by atoms with E-state index >= 15 is 0 Å². The molecule has 0 saturated heterocycles. The second kappa shape index (κ2) is 7.89. The lowest BCUT2D eigenvalue weighted by Crippen LogP contribution is -2.37. The van der Waals surface area contributed by atoms with Crippen LogP contribution in [0.5, 0.6) is 5.75 Å². The molecule has 0 fully saturated rings. The third-order valence-electron chi connectivity index (χ3n) is 3.21. The van der Waals surface area contributed by atoms with Crippen molar-refractivity contribution in [2.24, 2.45) is 0 Å². The largest absolute Gasteiger partial charge is 0.497 e. The molecular weight excluding hydrogens is 330 g/mol. The predicted octanol–water partition coefficient (Wildman–Crippen LogP) is 1.49. The number of sulfonamides is 1. The Bertz CT molecular complexity index is 794. The first-order valence-electron chi connectivity index (χ1n) is 7.17. The number of pyridine rings is 1. The van der Waals surface area contributed by atoms with Gasteiger partial charge in [-0.25, -0.2) is 8.42 Å². The summed E-state index contributed by atoms with van der Waals surface area (Å²) in [6.07, 6.45) is 2.64. The summed E-state index contributed by atoms with van der Waals surface area (Å²) in [4.78, 5) is 16.3. The molecule has 0 aliphatic heterocycles. The van der Waals surface area contributed by atoms with Crippen LogP contribution < -0.4 is 10.1 Å². The molecule has 2 rings (SSSR count). The van der Waals surface area contributed by atoms with Crippen LogP contribution in [0.15, 0.2) is 48.7 Å². The zero-order chi connectivity index (χ0) is 17.6. The van der Waals surface area contributed by atoms with Crippen LogP contribution in [0.4, 0.5) is 5.69 Å². The average Bonchev–Trinajstić information content (AvgIpc) is 2.54. The Morgan fingerprint density at radius 3 is 2.67 bits per heavy atom. The summed E-state index contributed by atoms with van der Waals surface area (Å²) in [6, 6.07) is 12.0. The van der Waals surface area contributed by atoms with Gasteiger partial charge < -0.3 is 10.1 Å². The standard InChI is InChI=1S/C16H19N3O4S/c1-23-15-8-5-7-13(10-15)18-16(20)12-19(24(2,21)22)11-14-6-3-4-9-17-14/h3-10H,11-12H2,1-2H3,(H,18,20). The highest BCUT2D eigenvalue weighted by molar-refractivity contribution is 7.88. The van der Waals surface area contributed by atoms with E-state index in [-0.39, 0.29) is 13.1 Å². The molecule has 0 aliphatic rings. The van der Waals surface area contributed by atoms with Gasteiger partial charge in [-0.05, 0) is 24.3 Å². The van der Waals surface area contributed by atoms with Crippen molar-refractivity contribution >= 4 is 21.6 Å². The molecule has 0 bridgehead atoms. The molecule has 8 heteroatoms. The van der Waals surface area contributed by atoms with Gasteiger partial charge in [-0.15, -0.1) is 0 Å². The summed E-state index contributed by atoms with van der Waals surface area (Å²) in [5, 5.41) is 2.66. The molecule has 1 heterocycles. The number of hydrogen-bond donors (Lipinski definition) is 1. The highest BCUT2D eigenvalue weighted by Crippen LogP contribution is 2.17. The minimum atomic E-state index is -3.56. The Kier molecular flexibility index (Phi) is 5.88. The number of nitrogens with one attached hydrogen (secondary N) is 1. The van der Waals surface area contributed by atoms with Crippen molar-refractivity contribution in [3.8, 4) is 5.75 Å². The number of nitrogens with zero attached hydrogens (tertiary/aromatic N) is 2. The maximum Gasteiger partial charge on any atom is 0.239 e. The minimum Gasteiger partial charge on any atom is -0.497 e. The number of aromatic nitrogens is 1. The van der Waals surface area contributed by atoms with E-state index < -0.39 is 15.9 Å². The molecule has 0 aliphatic carbocycles. The van der Waals surface area contributed by atoms with Crippen LogP contribution in [-0.2, 0) is 21.4 Å². The molecule has 0 radical (unpaired) electrons. The number of hydrogen-bond acceptors (Lipinski definition) is 5. The fraction of sp³-hybridized carbons (Fsp3) is 0.250. The van der Waals surface area contributed by atoms with Crippen LogP contribution in [0.3, 0.4) is 0 Å². The Labute approximate surface area is 141 Å². The highest BCUT2D eigenvalue weighted by atomic mass is 32.2. The van der Waals surface area contributed by atoms with Gasteiger partial charge in [0.25, 0.3) is 0 Å². The lowest BCUT2D eigenvalue weighted by atomic mass is 10.3. The summed E-state index contributed by atoms with van der Waals surface area (Å²) in [5.74, 6) is 0.158. The number of anilines is 1. The maximum absolute atomic E-state index is 12.2. The molecule has 128 valence electrons. The predicted molar refractivity (Wildman–Crippen MR) is 91.1 cm³/mol. The first-order valence-corrected chi connectivity index (χ1v) is 9.02. The smallest absolute Gasteiger partial charge is 0.239 e. The zero-order valence-electron chi connectivity index (χ0n) is 13.5. The van der Waals surface area contributed by atoms with Crippen molar-refractivity contribution in [3.63, 3.8) is 0 Å². The van der Waals surface area contributed by atoms with Crippen LogP contribution in [-0.4, -0.2) is 43.5 Å². The summed E-state index contributed by atoms with van der Waals surface area (Å²) >= 11 is 0. The number of methoxy groups -OCH3 is 1. The van der Waals surface area contributed by atoms with E-state index in [2.05, 4.69) is 10.3 Å². The highest BCUT2D eigenvalue weighted by Gasteiger charge is 2.21. The van der Waals surface area contributed by atoms with Gasteiger partial charge in [0.05, 0.1) is 32.1 Å². The van der Waals surface area contributed by atoms with Gasteiger partial charge in [-0.2, -0.15) is 4.31 Å². The van der Waals surface area contributed by atoms with E-state index in [1.165, 1.54) is 7.11 Å². The SMILES string of the molecule is COc1cccc(NC(=O)CN(Cc2ccccn2)S(C)(=O)=O)c1. The monoisotopic (exact) mass is 349 g/mol. The van der Waals surface area contributed by atoms with Gasteiger partial charge in [0.1, 0.15) is 5.75 Å². The number of carbonyl (C=O) groups is 1. The van der Waals surface area contributed by atoms with Crippen molar-refractivity contribution in [2.75, 3.05) is 25.2 Å². The van der Waals surface area contributed by atoms with E-state index in [0.717, 1.165) is 10.6 Å². The summed E-state index contributed by atoms with van der Waals surface area (Å²) < 4.78 is 30.0. The maximum atomic E-state index is 12.2. The number of rotatable bonds is 7. The lowest BCUT2D eigenvalue weighted by Gasteiger charge is -2.19. The van der Waals surface area contributed by atoms with Crippen molar-refractivity contribution in [1.29, 1.82) is 0 Å². The van der Waals surface area contributed by atoms with Crippen LogP contribution in [0.1, 0.15) is 5.69 Å². The third kappa shape index (κ3) is 5.32. The van der Waals surface area contributed by atoms with Crippen LogP contribution in [0.25, 0.3) is 0 Å². The topological polar surface area (TPSA) is 88.6 Å². The third-order valence-corrected chi connectivity index (χ3v) is 4.40. The second-order valence-corrected chi connectivity index (χ2v) is 7.11. The first-order chi connectivity index (χ1) is 11.4. The quantitative estimate of drug-likeness (QED) is 0.818. The summed E-state index contributed by atoms with van der Waals surface area (Å²) in [6.45, 7) is -0.266. The van der Waals surface area contributed by atoms with Crippen LogP contribution in [0.2, 0.25) is 0 Å². The van der Waals surface area contributed by atoms with E-state index in [4.69, 9.17) is 4.74 Å². The van der Waals surface area contributed by atoms with Crippen molar-refractivity contribution < 1.29 is 17.9 Å². The fourth-order valence-electron chi connectivity index (χ4n) is 2.02. The lowest BCUT2D eigenvalue weighted by molar-refractivity contribution is -0.116. The average molecular weight is 349 g/mol. The van der Waals surface area contributed by atoms with Crippen molar-refractivity contribution in [3.05, 3.63) is 54.4 Å². The number of ether oxygens (including phenoxy) is 1. The van der Waals surface area contributed by atoms with E-state index in [1.54, 1.807) is 48.7 Å². The molecule has 1 amide bonds. The molecular formula is C16H19N3O4S. The molecule has 0 unspecified atom stereocenters. The van der Waals surface area contributed by atoms with Gasteiger partial charge in [-0.3, -0.25) is 9.78 Å². The molecule has 2 aromatic rings. The van der Waals surface area contributed by atoms with Gasteiger partial charge in [0.15, 0.2) is 0 Å². The summed E-state index contributed by atoms with van der Waals surface area (Å²) in [7, 11) is -2.03. The van der Waals surface area contributed by atoms with Crippen molar-refractivity contribution in [1.82, 2.24) is 9.29 Å². The van der Waals surface area contributed by atoms with Gasteiger partial charge in [0, 0.05) is 18.0 Å². The first kappa shape index (κ1) is 17.9. The van der Waals surface area contributed by atoms with E-state index in [0.29, 0.717) is 17.1 Å². The molecule has 1 N–H and O–H groups in total. The zero-order valence-corrected chi connectivity index (χ0v) is 14.3. The second-order valence-electron chi connectivity index (χ2n) is 5.13. The molecule has 24 heavy (non-hydrogen) atoms. The van der Waals surface area contributed by atoms with Gasteiger partial charge in [0.2, 0.25) is 15.9 Å². The number of amides is 1. The molecule has 1 aromatic carbocycles. The Hall–Kier alpha value is -2.45. The van der Waals surface area contributed by atoms with E-state index in [1.807, 2.05) is 0 Å². The van der Waals surface area contributed by atoms with Crippen LogP contribution in [0, 0.1) is 0 Å². The Balaban J connectivity index is 2.07. The van der Waals surface area contributed by atoms with E-state index in [9.17, 15) is 13.2 Å². The minimum absolute atomic E-state index is 0.0329. The Morgan fingerprint density at radius 1 is 1.25 bits per heavy atom. The number of carbonyl (C=O) groups excluding carboxylic acids is 1. The number of benzene rings is 1. The molecule has 1 aromatic heterocycles. The van der Waals surface area contributed by atoms with Gasteiger partial charge >= 0.3 is 0 Å². The van der Waals surface area contributed by atoms with Gasteiger partial charge in [-0.1, -0.05) is 12.1 Å².